The molecule has 0 aliphatic heterocycles. The molecule has 2 aromatic carbocycles. The van der Waals surface area contributed by atoms with Gasteiger partial charge < -0.3 is 5.32 Å². The molecule has 0 unspecified atom stereocenters. The molecule has 0 spiro atoms. The van der Waals surface area contributed by atoms with Crippen molar-refractivity contribution in [3.05, 3.63) is 65.7 Å². The highest BCUT2D eigenvalue weighted by Gasteiger charge is 2.09. The van der Waals surface area contributed by atoms with Gasteiger partial charge in [0, 0.05) is 9.37 Å². The van der Waals surface area contributed by atoms with Gasteiger partial charge in [0.25, 0.3) is 0 Å². The van der Waals surface area contributed by atoms with Gasteiger partial charge in [-0.1, -0.05) is 28.1 Å². The first-order valence-corrected chi connectivity index (χ1v) is 8.62. The Morgan fingerprint density at radius 3 is 2.70 bits per heavy atom. The van der Waals surface area contributed by atoms with Crippen LogP contribution < -0.4 is 5.32 Å². The van der Waals surface area contributed by atoms with Crippen molar-refractivity contribution >= 4 is 39.3 Å². The summed E-state index contributed by atoms with van der Waals surface area (Å²) in [6.45, 7) is 0. The second-order valence-corrected chi connectivity index (χ2v) is 6.61. The monoisotopic (exact) mass is 388 g/mol. The van der Waals surface area contributed by atoms with Crippen molar-refractivity contribution in [2.75, 3.05) is 11.1 Å². The SMILES string of the molecule is O=C(CSc1ccc(Br)cc1)Nc1ccccc1-n1cncn1. The van der Waals surface area contributed by atoms with Crippen molar-refractivity contribution in [3.8, 4) is 5.69 Å². The van der Waals surface area contributed by atoms with Gasteiger partial charge >= 0.3 is 0 Å². The van der Waals surface area contributed by atoms with Gasteiger partial charge in [-0.25, -0.2) is 9.67 Å². The molecule has 0 aliphatic carbocycles. The number of benzene rings is 2. The van der Waals surface area contributed by atoms with Crippen molar-refractivity contribution in [3.63, 3.8) is 0 Å². The lowest BCUT2D eigenvalue weighted by Gasteiger charge is -2.10. The molecule has 1 heterocycles. The predicted octanol–water partition coefficient (Wildman–Crippen LogP) is 3.76. The molecule has 0 aliphatic rings. The fourth-order valence-electron chi connectivity index (χ4n) is 1.98. The van der Waals surface area contributed by atoms with Crippen LogP contribution in [-0.4, -0.2) is 26.4 Å². The number of thioether (sulfide) groups is 1. The largest absolute Gasteiger partial charge is 0.323 e. The molecule has 0 saturated carbocycles. The maximum absolute atomic E-state index is 12.2. The molecule has 7 heteroatoms. The summed E-state index contributed by atoms with van der Waals surface area (Å²) in [4.78, 5) is 17.2. The zero-order chi connectivity index (χ0) is 16.1. The fourth-order valence-corrected chi connectivity index (χ4v) is 2.94. The van der Waals surface area contributed by atoms with Crippen LogP contribution in [0.2, 0.25) is 0 Å². The quantitative estimate of drug-likeness (QED) is 0.675. The average molecular weight is 389 g/mol. The van der Waals surface area contributed by atoms with Crippen LogP contribution in [0.15, 0.2) is 70.6 Å². The van der Waals surface area contributed by atoms with Crippen LogP contribution in [0.3, 0.4) is 0 Å². The van der Waals surface area contributed by atoms with Gasteiger partial charge in [-0.2, -0.15) is 5.10 Å². The highest BCUT2D eigenvalue weighted by molar-refractivity contribution is 9.10. The maximum atomic E-state index is 12.2. The van der Waals surface area contributed by atoms with E-state index in [1.54, 1.807) is 11.0 Å². The van der Waals surface area contributed by atoms with E-state index in [0.29, 0.717) is 11.4 Å². The summed E-state index contributed by atoms with van der Waals surface area (Å²) in [5.41, 5.74) is 1.49. The van der Waals surface area contributed by atoms with E-state index in [0.717, 1.165) is 15.1 Å². The van der Waals surface area contributed by atoms with Crippen molar-refractivity contribution in [2.45, 2.75) is 4.90 Å². The number of hydrogen-bond acceptors (Lipinski definition) is 4. The molecule has 1 amide bonds. The van der Waals surface area contributed by atoms with Crippen LogP contribution in [0.1, 0.15) is 0 Å². The minimum absolute atomic E-state index is 0.0644. The van der Waals surface area contributed by atoms with Crippen LogP contribution >= 0.6 is 27.7 Å². The Hall–Kier alpha value is -2.12. The van der Waals surface area contributed by atoms with Crippen LogP contribution in [0.5, 0.6) is 0 Å². The van der Waals surface area contributed by atoms with E-state index < -0.39 is 0 Å². The summed E-state index contributed by atoms with van der Waals surface area (Å²) in [7, 11) is 0. The number of nitrogens with one attached hydrogen (secondary N) is 1. The Kier molecular flexibility index (Phi) is 5.09. The number of para-hydroxylation sites is 2. The predicted molar refractivity (Wildman–Crippen MR) is 94.9 cm³/mol. The number of carbonyl (C=O) groups excluding carboxylic acids is 1. The maximum Gasteiger partial charge on any atom is 0.234 e. The molecule has 0 saturated heterocycles. The smallest absolute Gasteiger partial charge is 0.234 e. The molecule has 1 aromatic heterocycles. The lowest BCUT2D eigenvalue weighted by molar-refractivity contribution is -0.113. The van der Waals surface area contributed by atoms with E-state index in [1.807, 2.05) is 48.5 Å². The third kappa shape index (κ3) is 4.20. The summed E-state index contributed by atoms with van der Waals surface area (Å²) >= 11 is 4.89. The highest BCUT2D eigenvalue weighted by Crippen LogP contribution is 2.22. The number of aromatic nitrogens is 3. The van der Waals surface area contributed by atoms with Gasteiger partial charge in [0.15, 0.2) is 0 Å². The molecule has 0 bridgehead atoms. The summed E-state index contributed by atoms with van der Waals surface area (Å²) in [5, 5.41) is 7.02. The zero-order valence-electron chi connectivity index (χ0n) is 12.0. The molecule has 116 valence electrons. The van der Waals surface area contributed by atoms with E-state index in [4.69, 9.17) is 0 Å². The Morgan fingerprint density at radius 1 is 1.17 bits per heavy atom. The number of anilines is 1. The van der Waals surface area contributed by atoms with E-state index in [2.05, 4.69) is 31.3 Å². The molecule has 23 heavy (non-hydrogen) atoms. The van der Waals surface area contributed by atoms with Gasteiger partial charge in [-0.05, 0) is 36.4 Å². The van der Waals surface area contributed by atoms with Crippen molar-refractivity contribution in [1.82, 2.24) is 14.8 Å². The molecule has 3 aromatic rings. The number of halogens is 1. The lowest BCUT2D eigenvalue weighted by Crippen LogP contribution is -2.15. The van der Waals surface area contributed by atoms with Crippen LogP contribution in [-0.2, 0) is 4.79 Å². The molecule has 0 atom stereocenters. The normalized spacial score (nSPS) is 10.5. The Labute approximate surface area is 146 Å². The van der Waals surface area contributed by atoms with Gasteiger partial charge in [-0.3, -0.25) is 4.79 Å². The number of amides is 1. The average Bonchev–Trinajstić information content (AvgIpc) is 3.09. The van der Waals surface area contributed by atoms with Gasteiger partial charge in [0.05, 0.1) is 17.1 Å². The van der Waals surface area contributed by atoms with Crippen molar-refractivity contribution in [1.29, 1.82) is 0 Å². The molecular formula is C16H13BrN4OS. The second kappa shape index (κ2) is 7.43. The minimum Gasteiger partial charge on any atom is -0.323 e. The van der Waals surface area contributed by atoms with Gasteiger partial charge in [0.1, 0.15) is 12.7 Å². The number of nitrogens with zero attached hydrogens (tertiary/aromatic N) is 3. The molecule has 0 fully saturated rings. The number of carbonyl (C=O) groups is 1. The van der Waals surface area contributed by atoms with Crippen molar-refractivity contribution in [2.24, 2.45) is 0 Å². The zero-order valence-corrected chi connectivity index (χ0v) is 14.4. The van der Waals surface area contributed by atoms with Crippen LogP contribution in [0.25, 0.3) is 5.69 Å². The molecular weight excluding hydrogens is 376 g/mol. The number of rotatable bonds is 5. The van der Waals surface area contributed by atoms with E-state index in [1.165, 1.54) is 18.1 Å². The van der Waals surface area contributed by atoms with Crippen molar-refractivity contribution < 1.29 is 4.79 Å². The van der Waals surface area contributed by atoms with Gasteiger partial charge in [0.2, 0.25) is 5.91 Å². The van der Waals surface area contributed by atoms with E-state index in [-0.39, 0.29) is 5.91 Å². The Balaban J connectivity index is 1.65. The number of hydrogen-bond donors (Lipinski definition) is 1. The topological polar surface area (TPSA) is 59.8 Å². The van der Waals surface area contributed by atoms with Crippen LogP contribution in [0.4, 0.5) is 5.69 Å². The second-order valence-electron chi connectivity index (χ2n) is 4.65. The lowest BCUT2D eigenvalue weighted by atomic mass is 10.2. The molecule has 3 rings (SSSR count). The Morgan fingerprint density at radius 2 is 1.96 bits per heavy atom. The van der Waals surface area contributed by atoms with Gasteiger partial charge in [-0.15, -0.1) is 11.8 Å². The van der Waals surface area contributed by atoms with E-state index >= 15 is 0 Å². The molecule has 0 radical (unpaired) electrons. The van der Waals surface area contributed by atoms with E-state index in [9.17, 15) is 4.79 Å². The third-order valence-electron chi connectivity index (χ3n) is 3.03. The van der Waals surface area contributed by atoms with Crippen LogP contribution in [0, 0.1) is 0 Å². The first-order valence-electron chi connectivity index (χ1n) is 6.84. The summed E-state index contributed by atoms with van der Waals surface area (Å²) in [5.74, 6) is 0.276. The standard InChI is InChI=1S/C16H13BrN4OS/c17-12-5-7-13(8-6-12)23-9-16(22)20-14-3-1-2-4-15(14)21-11-18-10-19-21/h1-8,10-11H,9H2,(H,20,22). The summed E-state index contributed by atoms with van der Waals surface area (Å²) < 4.78 is 2.64. The first-order chi connectivity index (χ1) is 11.2. The third-order valence-corrected chi connectivity index (χ3v) is 4.57. The summed E-state index contributed by atoms with van der Waals surface area (Å²) in [6.07, 6.45) is 3.06. The first kappa shape index (κ1) is 15.8. The Bertz CT molecular complexity index is 790. The highest BCUT2D eigenvalue weighted by atomic mass is 79.9. The minimum atomic E-state index is -0.0644. The summed E-state index contributed by atoms with van der Waals surface area (Å²) in [6, 6.07) is 15.4. The fraction of sp³-hybridized carbons (Fsp3) is 0.0625. The molecule has 5 nitrogen and oxygen atoms in total. The molecule has 1 N–H and O–H groups in total.